The maximum absolute atomic E-state index is 12.4. The van der Waals surface area contributed by atoms with Gasteiger partial charge in [0.15, 0.2) is 0 Å². The molecule has 0 bridgehead atoms. The first-order chi connectivity index (χ1) is 10.6. The fraction of sp³-hybridized carbons (Fsp3) is 0.500. The molecule has 0 unspecified atom stereocenters. The number of hydrogen-bond donors (Lipinski definition) is 1. The third-order valence-electron chi connectivity index (χ3n) is 3.54. The van der Waals surface area contributed by atoms with E-state index >= 15 is 0 Å². The van der Waals surface area contributed by atoms with E-state index in [9.17, 15) is 9.59 Å². The van der Waals surface area contributed by atoms with Crippen molar-refractivity contribution in [1.29, 1.82) is 0 Å². The summed E-state index contributed by atoms with van der Waals surface area (Å²) in [5.74, 6) is -0.149. The number of amides is 2. The van der Waals surface area contributed by atoms with Gasteiger partial charge in [0, 0.05) is 25.1 Å². The van der Waals surface area contributed by atoms with E-state index in [1.165, 1.54) is 0 Å². The molecule has 0 aliphatic carbocycles. The molecular weight excluding hydrogens is 304 g/mol. The average molecular weight is 325 g/mol. The molecule has 0 radical (unpaired) electrons. The van der Waals surface area contributed by atoms with Crippen molar-refractivity contribution >= 4 is 29.1 Å². The van der Waals surface area contributed by atoms with E-state index in [4.69, 9.17) is 16.3 Å². The standard InChI is InChI=1S/C16H21ClN2O3/c1-2-3-4-15(20)18-14-11-12(5-6-13(14)17)16(21)19-7-9-22-10-8-19/h5-6,11H,2-4,7-10H2,1H3,(H,18,20). The maximum atomic E-state index is 12.4. The lowest BCUT2D eigenvalue weighted by Gasteiger charge is -2.27. The molecule has 5 nitrogen and oxygen atoms in total. The molecule has 1 aliphatic heterocycles. The molecule has 1 heterocycles. The Hall–Kier alpha value is -1.59. The van der Waals surface area contributed by atoms with Crippen LogP contribution >= 0.6 is 11.6 Å². The van der Waals surface area contributed by atoms with Crippen molar-refractivity contribution in [3.05, 3.63) is 28.8 Å². The minimum absolute atomic E-state index is 0.0657. The number of hydrogen-bond acceptors (Lipinski definition) is 3. The molecule has 1 aliphatic rings. The summed E-state index contributed by atoms with van der Waals surface area (Å²) in [6.07, 6.45) is 2.24. The van der Waals surface area contributed by atoms with Crippen molar-refractivity contribution in [2.45, 2.75) is 26.2 Å². The highest BCUT2D eigenvalue weighted by Crippen LogP contribution is 2.24. The molecule has 2 rings (SSSR count). The Morgan fingerprint density at radius 3 is 2.73 bits per heavy atom. The molecule has 1 saturated heterocycles. The van der Waals surface area contributed by atoms with Crippen molar-refractivity contribution < 1.29 is 14.3 Å². The van der Waals surface area contributed by atoms with Crippen molar-refractivity contribution in [3.8, 4) is 0 Å². The van der Waals surface area contributed by atoms with Gasteiger partial charge in [0.25, 0.3) is 5.91 Å². The van der Waals surface area contributed by atoms with Gasteiger partial charge in [-0.05, 0) is 24.6 Å². The number of unbranched alkanes of at least 4 members (excludes halogenated alkanes) is 1. The fourth-order valence-corrected chi connectivity index (χ4v) is 2.42. The summed E-state index contributed by atoms with van der Waals surface area (Å²) in [7, 11) is 0. The molecule has 1 N–H and O–H groups in total. The summed E-state index contributed by atoms with van der Waals surface area (Å²) >= 11 is 6.11. The maximum Gasteiger partial charge on any atom is 0.254 e. The fourth-order valence-electron chi connectivity index (χ4n) is 2.25. The molecule has 120 valence electrons. The Bertz CT molecular complexity index is 542. The third kappa shape index (κ3) is 4.45. The molecule has 1 fully saturated rings. The van der Waals surface area contributed by atoms with Crippen LogP contribution < -0.4 is 5.32 Å². The Morgan fingerprint density at radius 1 is 1.32 bits per heavy atom. The van der Waals surface area contributed by atoms with Crippen LogP contribution in [0.3, 0.4) is 0 Å². The predicted molar refractivity (Wildman–Crippen MR) is 86.3 cm³/mol. The van der Waals surface area contributed by atoms with Gasteiger partial charge < -0.3 is 15.0 Å². The Labute approximate surface area is 135 Å². The highest BCUT2D eigenvalue weighted by molar-refractivity contribution is 6.33. The molecule has 6 heteroatoms. The minimum atomic E-state index is -0.0836. The Balaban J connectivity index is 2.08. The SMILES string of the molecule is CCCCC(=O)Nc1cc(C(=O)N2CCOCC2)ccc1Cl. The van der Waals surface area contributed by atoms with E-state index in [-0.39, 0.29) is 11.8 Å². The van der Waals surface area contributed by atoms with E-state index in [2.05, 4.69) is 5.32 Å². The molecule has 0 spiro atoms. The van der Waals surface area contributed by atoms with Crippen LogP contribution in [0.4, 0.5) is 5.69 Å². The van der Waals surface area contributed by atoms with Gasteiger partial charge in [-0.15, -0.1) is 0 Å². The largest absolute Gasteiger partial charge is 0.378 e. The number of carbonyl (C=O) groups is 2. The minimum Gasteiger partial charge on any atom is -0.378 e. The predicted octanol–water partition coefficient (Wildman–Crippen LogP) is 2.94. The number of rotatable bonds is 5. The van der Waals surface area contributed by atoms with Crippen LogP contribution in [0.2, 0.25) is 5.02 Å². The summed E-state index contributed by atoms with van der Waals surface area (Å²) in [5, 5.41) is 3.21. The number of carbonyl (C=O) groups excluding carboxylic acids is 2. The van der Waals surface area contributed by atoms with Crippen molar-refractivity contribution in [2.75, 3.05) is 31.6 Å². The Kier molecular flexibility index (Phi) is 6.21. The number of morpholine rings is 1. The molecular formula is C16H21ClN2O3. The topological polar surface area (TPSA) is 58.6 Å². The van der Waals surface area contributed by atoms with Crippen LogP contribution in [0.5, 0.6) is 0 Å². The lowest BCUT2D eigenvalue weighted by Crippen LogP contribution is -2.40. The number of nitrogens with zero attached hydrogens (tertiary/aromatic N) is 1. The molecule has 0 atom stereocenters. The van der Waals surface area contributed by atoms with Crippen LogP contribution in [0.1, 0.15) is 36.5 Å². The lowest BCUT2D eigenvalue weighted by molar-refractivity contribution is -0.116. The first-order valence-corrected chi connectivity index (χ1v) is 7.96. The zero-order chi connectivity index (χ0) is 15.9. The lowest BCUT2D eigenvalue weighted by atomic mass is 10.1. The van der Waals surface area contributed by atoms with Gasteiger partial charge in [-0.3, -0.25) is 9.59 Å². The second-order valence-electron chi connectivity index (χ2n) is 5.25. The van der Waals surface area contributed by atoms with Crippen LogP contribution in [-0.2, 0) is 9.53 Å². The van der Waals surface area contributed by atoms with Crippen LogP contribution in [0, 0.1) is 0 Å². The second kappa shape index (κ2) is 8.15. The molecule has 1 aromatic rings. The Morgan fingerprint density at radius 2 is 2.05 bits per heavy atom. The van der Waals surface area contributed by atoms with Gasteiger partial charge in [0.1, 0.15) is 0 Å². The van der Waals surface area contributed by atoms with Gasteiger partial charge in [-0.1, -0.05) is 24.9 Å². The molecule has 2 amide bonds. The highest BCUT2D eigenvalue weighted by Gasteiger charge is 2.19. The van der Waals surface area contributed by atoms with E-state index in [1.807, 2.05) is 6.92 Å². The summed E-state index contributed by atoms with van der Waals surface area (Å²) in [5.41, 5.74) is 1.01. The van der Waals surface area contributed by atoms with Crippen LogP contribution in [0.25, 0.3) is 0 Å². The van der Waals surface area contributed by atoms with Gasteiger partial charge in [0.05, 0.1) is 23.9 Å². The van der Waals surface area contributed by atoms with Gasteiger partial charge in [-0.2, -0.15) is 0 Å². The van der Waals surface area contributed by atoms with Gasteiger partial charge in [0.2, 0.25) is 5.91 Å². The number of ether oxygens (including phenoxy) is 1. The number of anilines is 1. The highest BCUT2D eigenvalue weighted by atomic mass is 35.5. The summed E-state index contributed by atoms with van der Waals surface area (Å²) < 4.78 is 5.25. The first kappa shape index (κ1) is 16.8. The summed E-state index contributed by atoms with van der Waals surface area (Å²) in [4.78, 5) is 26.0. The second-order valence-corrected chi connectivity index (χ2v) is 5.66. The van der Waals surface area contributed by atoms with E-state index in [0.29, 0.717) is 49.0 Å². The first-order valence-electron chi connectivity index (χ1n) is 7.58. The zero-order valence-electron chi connectivity index (χ0n) is 12.7. The molecule has 1 aromatic carbocycles. The van der Waals surface area contributed by atoms with E-state index in [1.54, 1.807) is 23.1 Å². The summed E-state index contributed by atoms with van der Waals surface area (Å²) in [6.45, 7) is 4.31. The van der Waals surface area contributed by atoms with E-state index < -0.39 is 0 Å². The van der Waals surface area contributed by atoms with Gasteiger partial charge >= 0.3 is 0 Å². The zero-order valence-corrected chi connectivity index (χ0v) is 13.5. The molecule has 0 saturated carbocycles. The van der Waals surface area contributed by atoms with Crippen molar-refractivity contribution in [3.63, 3.8) is 0 Å². The number of nitrogens with one attached hydrogen (secondary N) is 1. The number of benzene rings is 1. The molecule has 0 aromatic heterocycles. The number of halogens is 1. The third-order valence-corrected chi connectivity index (χ3v) is 3.87. The van der Waals surface area contributed by atoms with E-state index in [0.717, 1.165) is 12.8 Å². The average Bonchev–Trinajstić information content (AvgIpc) is 2.55. The van der Waals surface area contributed by atoms with Crippen molar-refractivity contribution in [2.24, 2.45) is 0 Å². The summed E-state index contributed by atoms with van der Waals surface area (Å²) in [6, 6.07) is 4.97. The smallest absolute Gasteiger partial charge is 0.254 e. The van der Waals surface area contributed by atoms with Gasteiger partial charge in [-0.25, -0.2) is 0 Å². The quantitative estimate of drug-likeness (QED) is 0.906. The van der Waals surface area contributed by atoms with Crippen LogP contribution in [-0.4, -0.2) is 43.0 Å². The normalized spacial score (nSPS) is 14.7. The van der Waals surface area contributed by atoms with Crippen molar-refractivity contribution in [1.82, 2.24) is 4.90 Å². The monoisotopic (exact) mass is 324 g/mol. The van der Waals surface area contributed by atoms with Crippen LogP contribution in [0.15, 0.2) is 18.2 Å². The molecule has 22 heavy (non-hydrogen) atoms.